The Bertz CT molecular complexity index is 1070. The van der Waals surface area contributed by atoms with E-state index in [9.17, 15) is 18.8 Å². The van der Waals surface area contributed by atoms with Crippen LogP contribution in [0.25, 0.3) is 0 Å². The zero-order chi connectivity index (χ0) is 25.7. The smallest absolute Gasteiger partial charge is 0.325 e. The number of carboxylic acid groups (broad SMARTS) is 1. The highest BCUT2D eigenvalue weighted by Gasteiger charge is 2.52. The summed E-state index contributed by atoms with van der Waals surface area (Å²) in [5, 5.41) is 11.0. The Balaban J connectivity index is 0.000000445. The molecular weight excluding hydrogens is 463 g/mol. The fourth-order valence-electron chi connectivity index (χ4n) is 4.61. The number of hydrogen-bond acceptors (Lipinski definition) is 5. The number of rotatable bonds is 7. The molecule has 0 aromatic heterocycles. The van der Waals surface area contributed by atoms with E-state index in [1.54, 1.807) is 12.1 Å². The van der Waals surface area contributed by atoms with Crippen LogP contribution in [0, 0.1) is 11.7 Å². The summed E-state index contributed by atoms with van der Waals surface area (Å²) < 4.78 is 13.1. The van der Waals surface area contributed by atoms with Crippen molar-refractivity contribution in [3.8, 4) is 0 Å². The van der Waals surface area contributed by atoms with Crippen molar-refractivity contribution in [3.05, 3.63) is 71.5 Å². The molecule has 1 atom stereocenters. The van der Waals surface area contributed by atoms with E-state index in [2.05, 4.69) is 10.2 Å². The lowest BCUT2D eigenvalue weighted by Crippen LogP contribution is -2.55. The Hall–Kier alpha value is -3.30. The van der Waals surface area contributed by atoms with E-state index in [1.165, 1.54) is 17.0 Å². The molecule has 2 heterocycles. The van der Waals surface area contributed by atoms with Crippen LogP contribution in [0.4, 0.5) is 9.18 Å². The number of aliphatic carboxylic acids is 1. The van der Waals surface area contributed by atoms with Crippen molar-refractivity contribution >= 4 is 17.9 Å². The quantitative estimate of drug-likeness (QED) is 0.507. The standard InChI is InChI=1S/C23H27FN4O2.C4H6O2/c24-19-8-6-17(7-9-19)16-28-21(29)23(26-22(28)30)11-14-27(15-12-23)13-10-20(25)18-4-2-1-3-5-18;5-4(6)3-1-2-3/h1-9,20H,10-16,25H2,(H,26,30);3H,1-2H2,(H,5,6)/t20-;/m0./s1. The molecule has 9 heteroatoms. The maximum Gasteiger partial charge on any atom is 0.325 e. The maximum absolute atomic E-state index is 13.1. The van der Waals surface area contributed by atoms with Gasteiger partial charge in [0.05, 0.1) is 12.5 Å². The van der Waals surface area contributed by atoms with E-state index in [-0.39, 0.29) is 36.3 Å². The molecule has 3 aliphatic rings. The molecule has 1 spiro atoms. The third kappa shape index (κ3) is 6.27. The fraction of sp³-hybridized carbons (Fsp3) is 0.444. The van der Waals surface area contributed by atoms with Crippen LogP contribution in [0.5, 0.6) is 0 Å². The van der Waals surface area contributed by atoms with Gasteiger partial charge in [0, 0.05) is 19.1 Å². The van der Waals surface area contributed by atoms with Crippen molar-refractivity contribution in [3.63, 3.8) is 0 Å². The zero-order valence-corrected chi connectivity index (χ0v) is 20.2. The number of carboxylic acids is 1. The first-order chi connectivity index (χ1) is 17.3. The number of piperidine rings is 1. The summed E-state index contributed by atoms with van der Waals surface area (Å²) in [6.07, 6.45) is 3.80. The van der Waals surface area contributed by atoms with E-state index >= 15 is 0 Å². The molecule has 1 saturated carbocycles. The predicted molar refractivity (Wildman–Crippen MR) is 132 cm³/mol. The predicted octanol–water partition coefficient (Wildman–Crippen LogP) is 3.28. The van der Waals surface area contributed by atoms with E-state index in [4.69, 9.17) is 10.8 Å². The highest BCUT2D eigenvalue weighted by atomic mass is 19.1. The van der Waals surface area contributed by atoms with E-state index in [0.717, 1.165) is 50.0 Å². The van der Waals surface area contributed by atoms with E-state index < -0.39 is 11.5 Å². The Morgan fingerprint density at radius 3 is 2.28 bits per heavy atom. The number of imide groups is 1. The topological polar surface area (TPSA) is 116 Å². The molecule has 36 heavy (non-hydrogen) atoms. The van der Waals surface area contributed by atoms with Crippen molar-refractivity contribution in [2.24, 2.45) is 11.7 Å². The number of urea groups is 1. The molecule has 192 valence electrons. The first-order valence-electron chi connectivity index (χ1n) is 12.4. The number of benzene rings is 2. The van der Waals surface area contributed by atoms with Crippen molar-refractivity contribution in [2.75, 3.05) is 19.6 Å². The van der Waals surface area contributed by atoms with Gasteiger partial charge in [-0.05, 0) is 61.9 Å². The van der Waals surface area contributed by atoms with Crippen LogP contribution in [-0.4, -0.2) is 58.0 Å². The summed E-state index contributed by atoms with van der Waals surface area (Å²) >= 11 is 0. The average Bonchev–Trinajstić information content (AvgIpc) is 3.71. The van der Waals surface area contributed by atoms with Gasteiger partial charge in [-0.15, -0.1) is 0 Å². The first-order valence-corrected chi connectivity index (χ1v) is 12.4. The molecule has 2 aromatic carbocycles. The van der Waals surface area contributed by atoms with Crippen LogP contribution in [0.2, 0.25) is 0 Å². The SMILES string of the molecule is N[C@@H](CCN1CCC2(CC1)NC(=O)N(Cc1ccc(F)cc1)C2=O)c1ccccc1.O=C(O)C1CC1. The monoisotopic (exact) mass is 496 g/mol. The van der Waals surface area contributed by atoms with Crippen LogP contribution < -0.4 is 11.1 Å². The molecule has 8 nitrogen and oxygen atoms in total. The Labute approximate surface area is 210 Å². The molecule has 0 bridgehead atoms. The second-order valence-electron chi connectivity index (χ2n) is 9.79. The summed E-state index contributed by atoms with van der Waals surface area (Å²) in [4.78, 5) is 38.8. The summed E-state index contributed by atoms with van der Waals surface area (Å²) in [5.41, 5.74) is 7.33. The first kappa shape index (κ1) is 25.8. The largest absolute Gasteiger partial charge is 0.481 e. The summed E-state index contributed by atoms with van der Waals surface area (Å²) in [6, 6.07) is 15.5. The molecule has 0 radical (unpaired) electrons. The Kier molecular flexibility index (Phi) is 8.01. The highest BCUT2D eigenvalue weighted by molar-refractivity contribution is 6.07. The van der Waals surface area contributed by atoms with E-state index in [1.807, 2.05) is 30.3 Å². The van der Waals surface area contributed by atoms with Crippen molar-refractivity contribution in [1.29, 1.82) is 0 Å². The molecule has 0 unspecified atom stereocenters. The lowest BCUT2D eigenvalue weighted by Gasteiger charge is -2.37. The molecule has 2 aliphatic heterocycles. The van der Waals surface area contributed by atoms with Crippen LogP contribution in [0.3, 0.4) is 0 Å². The molecule has 3 fully saturated rings. The second kappa shape index (κ2) is 11.2. The van der Waals surface area contributed by atoms with Gasteiger partial charge in [-0.25, -0.2) is 9.18 Å². The Morgan fingerprint density at radius 2 is 1.72 bits per heavy atom. The van der Waals surface area contributed by atoms with Gasteiger partial charge >= 0.3 is 12.0 Å². The van der Waals surface area contributed by atoms with Crippen LogP contribution in [-0.2, 0) is 16.1 Å². The number of nitrogens with two attached hydrogens (primary N) is 1. The minimum absolute atomic E-state index is 0.0129. The van der Waals surface area contributed by atoms with Gasteiger partial charge in [0.1, 0.15) is 11.4 Å². The number of likely N-dealkylation sites (tertiary alicyclic amines) is 1. The normalized spacial score (nSPS) is 20.0. The van der Waals surface area contributed by atoms with Gasteiger partial charge in [-0.2, -0.15) is 0 Å². The number of nitrogens with one attached hydrogen (secondary N) is 1. The lowest BCUT2D eigenvalue weighted by molar-refractivity contribution is -0.138. The van der Waals surface area contributed by atoms with Gasteiger partial charge in [0.25, 0.3) is 5.91 Å². The molecule has 3 amide bonds. The molecular formula is C27H33FN4O4. The number of amides is 3. The molecule has 1 aliphatic carbocycles. The zero-order valence-electron chi connectivity index (χ0n) is 20.2. The number of nitrogens with zero attached hydrogens (tertiary/aromatic N) is 2. The van der Waals surface area contributed by atoms with Crippen LogP contribution in [0.15, 0.2) is 54.6 Å². The minimum Gasteiger partial charge on any atom is -0.481 e. The average molecular weight is 497 g/mol. The fourth-order valence-corrected chi connectivity index (χ4v) is 4.61. The molecule has 5 rings (SSSR count). The van der Waals surface area contributed by atoms with Crippen LogP contribution in [0.1, 0.15) is 49.3 Å². The van der Waals surface area contributed by atoms with Gasteiger partial charge < -0.3 is 21.1 Å². The van der Waals surface area contributed by atoms with Gasteiger partial charge in [0.2, 0.25) is 0 Å². The van der Waals surface area contributed by atoms with Gasteiger partial charge in [0.15, 0.2) is 0 Å². The second-order valence-corrected chi connectivity index (χ2v) is 9.79. The highest BCUT2D eigenvalue weighted by Crippen LogP contribution is 2.31. The van der Waals surface area contributed by atoms with Gasteiger partial charge in [-0.1, -0.05) is 42.5 Å². The number of halogens is 1. The summed E-state index contributed by atoms with van der Waals surface area (Å²) in [7, 11) is 0. The molecule has 2 saturated heterocycles. The number of hydrogen-bond donors (Lipinski definition) is 3. The van der Waals surface area contributed by atoms with Crippen LogP contribution >= 0.6 is 0 Å². The maximum atomic E-state index is 13.1. The minimum atomic E-state index is -0.824. The third-order valence-electron chi connectivity index (χ3n) is 7.12. The van der Waals surface area contributed by atoms with Crippen molar-refractivity contribution in [1.82, 2.24) is 15.1 Å². The molecule has 2 aromatic rings. The van der Waals surface area contributed by atoms with E-state index in [0.29, 0.717) is 12.8 Å². The number of carbonyl (C=O) groups is 3. The third-order valence-corrected chi connectivity index (χ3v) is 7.12. The lowest BCUT2D eigenvalue weighted by atomic mass is 9.87. The molecule has 4 N–H and O–H groups in total. The van der Waals surface area contributed by atoms with Crippen molar-refractivity contribution < 1.29 is 23.9 Å². The van der Waals surface area contributed by atoms with Gasteiger partial charge in [-0.3, -0.25) is 14.5 Å². The number of carbonyl (C=O) groups excluding carboxylic acids is 2. The summed E-state index contributed by atoms with van der Waals surface area (Å²) in [5.74, 6) is -1.13. The summed E-state index contributed by atoms with van der Waals surface area (Å²) in [6.45, 7) is 2.48. The Morgan fingerprint density at radius 1 is 1.08 bits per heavy atom. The van der Waals surface area contributed by atoms with Crippen molar-refractivity contribution in [2.45, 2.75) is 50.2 Å².